The molecule has 1 amide bonds. The average molecular weight is 374 g/mol. The first-order valence-corrected chi connectivity index (χ1v) is 9.13. The smallest absolute Gasteiger partial charge is 0.251 e. The van der Waals surface area contributed by atoms with E-state index in [4.69, 9.17) is 16.3 Å². The molecule has 3 rings (SSSR count). The molecule has 0 aliphatic carbocycles. The highest BCUT2D eigenvalue weighted by Gasteiger charge is 2.35. The second-order valence-corrected chi connectivity index (χ2v) is 7.32. The maximum atomic E-state index is 12.7. The third kappa shape index (κ3) is 4.17. The van der Waals surface area contributed by atoms with E-state index in [0.29, 0.717) is 30.3 Å². The lowest BCUT2D eigenvalue weighted by Gasteiger charge is -2.38. The summed E-state index contributed by atoms with van der Waals surface area (Å²) in [6, 6.07) is 11.4. The minimum atomic E-state index is -0.157. The van der Waals surface area contributed by atoms with Gasteiger partial charge in [-0.1, -0.05) is 23.7 Å². The third-order valence-electron chi connectivity index (χ3n) is 4.94. The first-order valence-electron chi connectivity index (χ1n) is 8.76. The van der Waals surface area contributed by atoms with E-state index in [1.165, 1.54) is 0 Å². The Morgan fingerprint density at radius 2 is 2.04 bits per heavy atom. The Morgan fingerprint density at radius 1 is 1.27 bits per heavy atom. The highest BCUT2D eigenvalue weighted by atomic mass is 35.5. The number of pyridine rings is 1. The molecule has 0 atom stereocenters. The minimum Gasteiger partial charge on any atom is -0.381 e. The van der Waals surface area contributed by atoms with Gasteiger partial charge in [-0.3, -0.25) is 4.79 Å². The number of benzene rings is 1. The van der Waals surface area contributed by atoms with Crippen molar-refractivity contribution >= 4 is 23.3 Å². The van der Waals surface area contributed by atoms with E-state index < -0.39 is 0 Å². The molecule has 26 heavy (non-hydrogen) atoms. The summed E-state index contributed by atoms with van der Waals surface area (Å²) in [5.41, 5.74) is 1.60. The van der Waals surface area contributed by atoms with E-state index >= 15 is 0 Å². The van der Waals surface area contributed by atoms with Crippen molar-refractivity contribution in [2.45, 2.75) is 18.3 Å². The molecule has 1 aromatic carbocycles. The third-order valence-corrected chi connectivity index (χ3v) is 5.18. The van der Waals surface area contributed by atoms with Crippen LogP contribution in [0, 0.1) is 0 Å². The van der Waals surface area contributed by atoms with Crippen LogP contribution in [0.2, 0.25) is 5.02 Å². The van der Waals surface area contributed by atoms with E-state index in [-0.39, 0.29) is 11.3 Å². The molecule has 1 aliphatic heterocycles. The first-order chi connectivity index (χ1) is 12.5. The van der Waals surface area contributed by atoms with Crippen LogP contribution in [0.1, 0.15) is 28.8 Å². The lowest BCUT2D eigenvalue weighted by atomic mass is 9.74. The summed E-state index contributed by atoms with van der Waals surface area (Å²) in [5.74, 6) is 0.664. The molecule has 1 saturated heterocycles. The monoisotopic (exact) mass is 373 g/mol. The quantitative estimate of drug-likeness (QED) is 0.873. The van der Waals surface area contributed by atoms with E-state index in [9.17, 15) is 4.79 Å². The number of anilines is 1. The molecule has 0 spiro atoms. The number of hydrogen-bond acceptors (Lipinski definition) is 4. The predicted molar refractivity (Wildman–Crippen MR) is 104 cm³/mol. The van der Waals surface area contributed by atoms with Crippen LogP contribution >= 0.6 is 11.6 Å². The Hall–Kier alpha value is -2.11. The number of carbonyl (C=O) groups excluding carboxylic acids is 1. The molecular formula is C20H24ClN3O2. The van der Waals surface area contributed by atoms with Gasteiger partial charge in [-0.05, 0) is 42.7 Å². The van der Waals surface area contributed by atoms with E-state index in [1.54, 1.807) is 18.3 Å². The number of amides is 1. The fraction of sp³-hybridized carbons (Fsp3) is 0.400. The standard InChI is InChI=1S/C20H24ClN3O2/c1-24(2)18-12-15(6-9-22-18)19(25)23-14-20(7-10-26-11-8-20)16-4-3-5-17(21)13-16/h3-6,9,12-13H,7-8,10-11,14H2,1-2H3,(H,23,25). The van der Waals surface area contributed by atoms with Gasteiger partial charge in [0.2, 0.25) is 0 Å². The highest BCUT2D eigenvalue weighted by Crippen LogP contribution is 2.35. The number of nitrogens with one attached hydrogen (secondary N) is 1. The zero-order valence-corrected chi connectivity index (χ0v) is 15.9. The van der Waals surface area contributed by atoms with Crippen molar-refractivity contribution in [3.05, 3.63) is 58.7 Å². The Morgan fingerprint density at radius 3 is 2.73 bits per heavy atom. The van der Waals surface area contributed by atoms with E-state index in [2.05, 4.69) is 16.4 Å². The van der Waals surface area contributed by atoms with Crippen molar-refractivity contribution in [2.24, 2.45) is 0 Å². The van der Waals surface area contributed by atoms with E-state index in [0.717, 1.165) is 24.2 Å². The van der Waals surface area contributed by atoms with Crippen LogP contribution in [0.3, 0.4) is 0 Å². The number of aromatic nitrogens is 1. The fourth-order valence-corrected chi connectivity index (χ4v) is 3.49. The maximum absolute atomic E-state index is 12.7. The second kappa shape index (κ2) is 8.06. The van der Waals surface area contributed by atoms with Gasteiger partial charge in [0.15, 0.2) is 0 Å². The summed E-state index contributed by atoms with van der Waals surface area (Å²) in [6.07, 6.45) is 3.37. The molecule has 1 aromatic heterocycles. The Bertz CT molecular complexity index is 773. The average Bonchev–Trinajstić information content (AvgIpc) is 2.67. The van der Waals surface area contributed by atoms with Crippen molar-refractivity contribution < 1.29 is 9.53 Å². The first kappa shape index (κ1) is 18.7. The SMILES string of the molecule is CN(C)c1cc(C(=O)NCC2(c3cccc(Cl)c3)CCOCC2)ccn1. The van der Waals surface area contributed by atoms with Gasteiger partial charge in [-0.2, -0.15) is 0 Å². The lowest BCUT2D eigenvalue weighted by molar-refractivity contribution is 0.0487. The van der Waals surface area contributed by atoms with Gasteiger partial charge >= 0.3 is 0 Å². The molecule has 6 heteroatoms. The van der Waals surface area contributed by atoms with Crippen LogP contribution in [-0.2, 0) is 10.2 Å². The van der Waals surface area contributed by atoms with Gasteiger partial charge in [-0.15, -0.1) is 0 Å². The zero-order valence-electron chi connectivity index (χ0n) is 15.2. The van der Waals surface area contributed by atoms with Crippen LogP contribution in [0.4, 0.5) is 5.82 Å². The van der Waals surface area contributed by atoms with Gasteiger partial charge in [0, 0.05) is 56.1 Å². The summed E-state index contributed by atoms with van der Waals surface area (Å²) >= 11 is 6.20. The van der Waals surface area contributed by atoms with Gasteiger partial charge in [0.1, 0.15) is 5.82 Å². The summed E-state index contributed by atoms with van der Waals surface area (Å²) in [5, 5.41) is 3.82. The van der Waals surface area contributed by atoms with Crippen molar-refractivity contribution in [3.8, 4) is 0 Å². The molecule has 0 unspecified atom stereocenters. The predicted octanol–water partition coefficient (Wildman–Crippen LogP) is 3.28. The molecule has 1 fully saturated rings. The number of nitrogens with zero attached hydrogens (tertiary/aromatic N) is 2. The Balaban J connectivity index is 1.78. The normalized spacial score (nSPS) is 16.1. The van der Waals surface area contributed by atoms with Crippen molar-refractivity contribution in [1.29, 1.82) is 0 Å². The molecule has 1 N–H and O–H groups in total. The topological polar surface area (TPSA) is 54.5 Å². The summed E-state index contributed by atoms with van der Waals surface area (Å²) in [7, 11) is 3.81. The second-order valence-electron chi connectivity index (χ2n) is 6.88. The molecule has 0 bridgehead atoms. The van der Waals surface area contributed by atoms with Crippen molar-refractivity contribution in [3.63, 3.8) is 0 Å². The number of ether oxygens (including phenoxy) is 1. The summed E-state index contributed by atoms with van der Waals surface area (Å²) < 4.78 is 5.55. The maximum Gasteiger partial charge on any atom is 0.251 e. The number of hydrogen-bond donors (Lipinski definition) is 1. The number of halogens is 1. The molecule has 2 heterocycles. The lowest BCUT2D eigenvalue weighted by Crippen LogP contribution is -2.44. The summed E-state index contributed by atoms with van der Waals surface area (Å²) in [6.45, 7) is 1.92. The fourth-order valence-electron chi connectivity index (χ4n) is 3.30. The number of carbonyl (C=O) groups is 1. The largest absolute Gasteiger partial charge is 0.381 e. The van der Waals surface area contributed by atoms with Gasteiger partial charge in [0.05, 0.1) is 0 Å². The minimum absolute atomic E-state index is 0.0941. The molecule has 5 nitrogen and oxygen atoms in total. The van der Waals surface area contributed by atoms with Gasteiger partial charge in [0.25, 0.3) is 5.91 Å². The molecule has 2 aromatic rings. The number of rotatable bonds is 5. The van der Waals surface area contributed by atoms with Crippen LogP contribution in [0.15, 0.2) is 42.6 Å². The van der Waals surface area contributed by atoms with Crippen LogP contribution in [-0.4, -0.2) is 44.7 Å². The van der Waals surface area contributed by atoms with Crippen LogP contribution in [0.5, 0.6) is 0 Å². The Kier molecular flexibility index (Phi) is 5.79. The van der Waals surface area contributed by atoms with Crippen LogP contribution in [0.25, 0.3) is 0 Å². The summed E-state index contributed by atoms with van der Waals surface area (Å²) in [4.78, 5) is 18.8. The molecule has 0 saturated carbocycles. The van der Waals surface area contributed by atoms with E-state index in [1.807, 2.05) is 37.2 Å². The van der Waals surface area contributed by atoms with Crippen LogP contribution < -0.4 is 10.2 Å². The molecular weight excluding hydrogens is 350 g/mol. The van der Waals surface area contributed by atoms with Gasteiger partial charge < -0.3 is 15.0 Å². The van der Waals surface area contributed by atoms with Crippen molar-refractivity contribution in [2.75, 3.05) is 38.8 Å². The Labute approximate surface area is 159 Å². The molecule has 138 valence electrons. The highest BCUT2D eigenvalue weighted by molar-refractivity contribution is 6.30. The van der Waals surface area contributed by atoms with Gasteiger partial charge in [-0.25, -0.2) is 4.98 Å². The van der Waals surface area contributed by atoms with Crippen molar-refractivity contribution in [1.82, 2.24) is 10.3 Å². The molecule has 0 radical (unpaired) electrons. The zero-order chi connectivity index (χ0) is 18.6. The molecule has 1 aliphatic rings.